The van der Waals surface area contributed by atoms with Crippen molar-refractivity contribution in [2.45, 2.75) is 32.2 Å². The van der Waals surface area contributed by atoms with E-state index < -0.39 is 0 Å². The Bertz CT molecular complexity index is 316. The fraction of sp³-hybridized carbons (Fsp3) is 0.833. The summed E-state index contributed by atoms with van der Waals surface area (Å²) in [6, 6.07) is 0. The molecule has 0 aliphatic carbocycles. The summed E-state index contributed by atoms with van der Waals surface area (Å²) in [6.45, 7) is 7.15. The molecule has 1 unspecified atom stereocenters. The van der Waals surface area contributed by atoms with E-state index in [0.717, 1.165) is 19.4 Å². The molecule has 0 spiro atoms. The Hall–Kier alpha value is -1.10. The van der Waals surface area contributed by atoms with Gasteiger partial charge in [0.2, 0.25) is 11.8 Å². The standard InChI is InChI=1S/C12H21N3O2/c1-10(16)14-6-8-15(9-7-14)11(17)12(2)4-3-5-13-12/h13H,3-9H2,1-2H3. The second-order valence-electron chi connectivity index (χ2n) is 5.16. The summed E-state index contributed by atoms with van der Waals surface area (Å²) in [5.74, 6) is 0.292. The Morgan fingerprint density at radius 1 is 1.12 bits per heavy atom. The van der Waals surface area contributed by atoms with Crippen LogP contribution in [-0.2, 0) is 9.59 Å². The van der Waals surface area contributed by atoms with Crippen LogP contribution < -0.4 is 5.32 Å². The van der Waals surface area contributed by atoms with Gasteiger partial charge in [-0.25, -0.2) is 0 Å². The maximum atomic E-state index is 12.4. The molecule has 5 nitrogen and oxygen atoms in total. The Labute approximate surface area is 102 Å². The lowest BCUT2D eigenvalue weighted by Crippen LogP contribution is -2.58. The minimum atomic E-state index is -0.377. The Balaban J connectivity index is 1.92. The number of hydrogen-bond donors (Lipinski definition) is 1. The van der Waals surface area contributed by atoms with Crippen LogP contribution in [0.4, 0.5) is 0 Å². The summed E-state index contributed by atoms with van der Waals surface area (Å²) in [6.07, 6.45) is 1.98. The van der Waals surface area contributed by atoms with Crippen LogP contribution >= 0.6 is 0 Å². The molecular formula is C12H21N3O2. The van der Waals surface area contributed by atoms with Crippen LogP contribution in [0.25, 0.3) is 0 Å². The molecule has 2 rings (SSSR count). The second kappa shape index (κ2) is 4.64. The lowest BCUT2D eigenvalue weighted by Gasteiger charge is -2.38. The van der Waals surface area contributed by atoms with Crippen molar-refractivity contribution in [3.63, 3.8) is 0 Å². The van der Waals surface area contributed by atoms with Crippen molar-refractivity contribution >= 4 is 11.8 Å². The van der Waals surface area contributed by atoms with Crippen LogP contribution in [0.2, 0.25) is 0 Å². The van der Waals surface area contributed by atoms with E-state index in [1.807, 2.05) is 11.8 Å². The molecule has 2 fully saturated rings. The molecule has 17 heavy (non-hydrogen) atoms. The second-order valence-corrected chi connectivity index (χ2v) is 5.16. The fourth-order valence-electron chi connectivity index (χ4n) is 2.65. The first-order valence-corrected chi connectivity index (χ1v) is 6.33. The van der Waals surface area contributed by atoms with Crippen LogP contribution in [0.15, 0.2) is 0 Å². The van der Waals surface area contributed by atoms with Crippen molar-refractivity contribution in [2.24, 2.45) is 0 Å². The average Bonchev–Trinajstić information content (AvgIpc) is 2.76. The number of rotatable bonds is 1. The third-order valence-electron chi connectivity index (χ3n) is 3.85. The first-order chi connectivity index (χ1) is 8.03. The topological polar surface area (TPSA) is 52.7 Å². The van der Waals surface area contributed by atoms with Gasteiger partial charge in [0.25, 0.3) is 0 Å². The maximum Gasteiger partial charge on any atom is 0.242 e. The number of carbonyl (C=O) groups is 2. The molecule has 2 aliphatic heterocycles. The predicted molar refractivity (Wildman–Crippen MR) is 64.5 cm³/mol. The van der Waals surface area contributed by atoms with Gasteiger partial charge in [0, 0.05) is 33.1 Å². The minimum Gasteiger partial charge on any atom is -0.339 e. The SMILES string of the molecule is CC(=O)N1CCN(C(=O)C2(C)CCCN2)CC1. The van der Waals surface area contributed by atoms with Gasteiger partial charge in [-0.1, -0.05) is 0 Å². The van der Waals surface area contributed by atoms with Crippen molar-refractivity contribution < 1.29 is 9.59 Å². The first kappa shape index (κ1) is 12.4. The zero-order valence-electron chi connectivity index (χ0n) is 10.7. The van der Waals surface area contributed by atoms with Crippen molar-refractivity contribution in [1.29, 1.82) is 0 Å². The molecule has 2 heterocycles. The highest BCUT2D eigenvalue weighted by molar-refractivity contribution is 5.86. The molecule has 0 aromatic carbocycles. The molecule has 5 heteroatoms. The molecule has 0 saturated carbocycles. The monoisotopic (exact) mass is 239 g/mol. The van der Waals surface area contributed by atoms with E-state index in [9.17, 15) is 9.59 Å². The maximum absolute atomic E-state index is 12.4. The Kier molecular flexibility index (Phi) is 3.38. The van der Waals surface area contributed by atoms with Gasteiger partial charge in [-0.3, -0.25) is 9.59 Å². The molecule has 2 aliphatic rings. The minimum absolute atomic E-state index is 0.0994. The molecule has 0 aromatic rings. The lowest BCUT2D eigenvalue weighted by atomic mass is 9.98. The van der Waals surface area contributed by atoms with Crippen molar-refractivity contribution in [2.75, 3.05) is 32.7 Å². The van der Waals surface area contributed by atoms with Crippen molar-refractivity contribution in [1.82, 2.24) is 15.1 Å². The van der Waals surface area contributed by atoms with Gasteiger partial charge in [-0.2, -0.15) is 0 Å². The smallest absolute Gasteiger partial charge is 0.242 e. The fourth-order valence-corrected chi connectivity index (χ4v) is 2.65. The van der Waals surface area contributed by atoms with Crippen LogP contribution in [0.1, 0.15) is 26.7 Å². The largest absolute Gasteiger partial charge is 0.339 e. The van der Waals surface area contributed by atoms with E-state index in [1.165, 1.54) is 0 Å². The highest BCUT2D eigenvalue weighted by atomic mass is 16.2. The summed E-state index contributed by atoms with van der Waals surface area (Å²) < 4.78 is 0. The van der Waals surface area contributed by atoms with Crippen LogP contribution in [0.5, 0.6) is 0 Å². The van der Waals surface area contributed by atoms with Gasteiger partial charge in [0.1, 0.15) is 0 Å². The van der Waals surface area contributed by atoms with E-state index in [4.69, 9.17) is 0 Å². The van der Waals surface area contributed by atoms with Crippen LogP contribution in [0, 0.1) is 0 Å². The zero-order chi connectivity index (χ0) is 12.5. The van der Waals surface area contributed by atoms with Gasteiger partial charge < -0.3 is 15.1 Å². The summed E-state index contributed by atoms with van der Waals surface area (Å²) in [4.78, 5) is 27.2. The summed E-state index contributed by atoms with van der Waals surface area (Å²) >= 11 is 0. The van der Waals surface area contributed by atoms with E-state index in [0.29, 0.717) is 26.2 Å². The molecule has 1 atom stereocenters. The molecule has 2 saturated heterocycles. The van der Waals surface area contributed by atoms with Crippen LogP contribution in [0.3, 0.4) is 0 Å². The molecule has 0 aromatic heterocycles. The number of nitrogens with zero attached hydrogens (tertiary/aromatic N) is 2. The van der Waals surface area contributed by atoms with Gasteiger partial charge in [-0.05, 0) is 26.3 Å². The number of nitrogens with one attached hydrogen (secondary N) is 1. The highest BCUT2D eigenvalue weighted by Gasteiger charge is 2.39. The van der Waals surface area contributed by atoms with E-state index in [1.54, 1.807) is 11.8 Å². The zero-order valence-corrected chi connectivity index (χ0v) is 10.7. The highest BCUT2D eigenvalue weighted by Crippen LogP contribution is 2.21. The Morgan fingerprint density at radius 2 is 1.71 bits per heavy atom. The Morgan fingerprint density at radius 3 is 2.18 bits per heavy atom. The van der Waals surface area contributed by atoms with Crippen LogP contribution in [-0.4, -0.2) is 59.9 Å². The van der Waals surface area contributed by atoms with Gasteiger partial charge in [0.05, 0.1) is 5.54 Å². The molecule has 0 radical (unpaired) electrons. The van der Waals surface area contributed by atoms with Crippen molar-refractivity contribution in [3.8, 4) is 0 Å². The van der Waals surface area contributed by atoms with E-state index in [-0.39, 0.29) is 17.4 Å². The van der Waals surface area contributed by atoms with E-state index in [2.05, 4.69) is 5.32 Å². The molecule has 1 N–H and O–H groups in total. The van der Waals surface area contributed by atoms with Crippen molar-refractivity contribution in [3.05, 3.63) is 0 Å². The van der Waals surface area contributed by atoms with Gasteiger partial charge >= 0.3 is 0 Å². The summed E-state index contributed by atoms with van der Waals surface area (Å²) in [5, 5.41) is 3.29. The number of hydrogen-bond acceptors (Lipinski definition) is 3. The molecule has 2 amide bonds. The lowest BCUT2D eigenvalue weighted by molar-refractivity contribution is -0.142. The molecule has 0 bridgehead atoms. The number of piperazine rings is 1. The third-order valence-corrected chi connectivity index (χ3v) is 3.85. The molecular weight excluding hydrogens is 218 g/mol. The summed E-state index contributed by atoms with van der Waals surface area (Å²) in [7, 11) is 0. The molecule has 96 valence electrons. The number of amides is 2. The first-order valence-electron chi connectivity index (χ1n) is 6.33. The number of carbonyl (C=O) groups excluding carboxylic acids is 2. The normalized spacial score (nSPS) is 29.5. The quantitative estimate of drug-likeness (QED) is 0.690. The average molecular weight is 239 g/mol. The third kappa shape index (κ3) is 2.44. The predicted octanol–water partition coefficient (Wildman–Crippen LogP) is -0.181. The van der Waals surface area contributed by atoms with Gasteiger partial charge in [0.15, 0.2) is 0 Å². The van der Waals surface area contributed by atoms with Gasteiger partial charge in [-0.15, -0.1) is 0 Å². The van der Waals surface area contributed by atoms with E-state index >= 15 is 0 Å². The summed E-state index contributed by atoms with van der Waals surface area (Å²) in [5.41, 5.74) is -0.377.